The second-order valence-electron chi connectivity index (χ2n) is 6.99. The van der Waals surface area contributed by atoms with E-state index in [0.717, 1.165) is 0 Å². The third kappa shape index (κ3) is 6.79. The van der Waals surface area contributed by atoms with Crippen molar-refractivity contribution in [2.24, 2.45) is 0 Å². The molecule has 1 aromatic carbocycles. The molecule has 1 heterocycles. The molecule has 1 N–H and O–H groups in total. The number of nitrogens with one attached hydrogen (secondary N) is 1. The van der Waals surface area contributed by atoms with Crippen molar-refractivity contribution in [1.29, 1.82) is 0 Å². The second-order valence-corrected chi connectivity index (χ2v) is 6.99. The van der Waals surface area contributed by atoms with Gasteiger partial charge in [0.15, 0.2) is 11.5 Å². The first-order valence-corrected chi connectivity index (χ1v) is 10.2. The highest BCUT2D eigenvalue weighted by atomic mass is 16.6. The molecular formula is C20H30N4O7. The van der Waals surface area contributed by atoms with E-state index in [1.807, 2.05) is 11.8 Å². The van der Waals surface area contributed by atoms with E-state index in [1.165, 1.54) is 26.4 Å². The molecule has 1 aromatic rings. The lowest BCUT2D eigenvalue weighted by molar-refractivity contribution is -0.385. The van der Waals surface area contributed by atoms with Crippen LogP contribution < -0.4 is 14.8 Å². The van der Waals surface area contributed by atoms with Crippen molar-refractivity contribution in [1.82, 2.24) is 15.1 Å². The monoisotopic (exact) mass is 438 g/mol. The molecule has 0 aromatic heterocycles. The smallest absolute Gasteiger partial charge is 0.286 e. The number of benzene rings is 1. The van der Waals surface area contributed by atoms with Gasteiger partial charge in [-0.05, 0) is 13.3 Å². The summed E-state index contributed by atoms with van der Waals surface area (Å²) >= 11 is 0. The molecule has 1 fully saturated rings. The van der Waals surface area contributed by atoms with Crippen LogP contribution in [0.15, 0.2) is 12.1 Å². The van der Waals surface area contributed by atoms with Gasteiger partial charge in [0.1, 0.15) is 12.2 Å². The van der Waals surface area contributed by atoms with Gasteiger partial charge in [0.2, 0.25) is 5.91 Å². The Kier molecular flexibility index (Phi) is 9.47. The third-order valence-electron chi connectivity index (χ3n) is 4.87. The molecule has 0 saturated carbocycles. The summed E-state index contributed by atoms with van der Waals surface area (Å²) in [7, 11) is 2.92. The van der Waals surface area contributed by atoms with E-state index in [0.29, 0.717) is 45.8 Å². The maximum absolute atomic E-state index is 13.2. The fraction of sp³-hybridized carbons (Fsp3) is 0.600. The molecule has 2 rings (SSSR count). The molecule has 1 aliphatic rings. The van der Waals surface area contributed by atoms with Crippen LogP contribution in [0.5, 0.6) is 11.5 Å². The number of ether oxygens (including phenoxy) is 3. The molecule has 0 unspecified atom stereocenters. The molecular weight excluding hydrogens is 408 g/mol. The Balaban J connectivity index is 2.19. The van der Waals surface area contributed by atoms with Crippen molar-refractivity contribution >= 4 is 17.5 Å². The molecule has 0 radical (unpaired) electrons. The van der Waals surface area contributed by atoms with Crippen LogP contribution in [0, 0.1) is 10.1 Å². The maximum atomic E-state index is 13.2. The van der Waals surface area contributed by atoms with Crippen LogP contribution in [0.1, 0.15) is 23.7 Å². The molecule has 0 aliphatic carbocycles. The average molecular weight is 438 g/mol. The van der Waals surface area contributed by atoms with E-state index in [9.17, 15) is 19.7 Å². The van der Waals surface area contributed by atoms with E-state index in [1.54, 1.807) is 4.90 Å². The molecule has 1 aliphatic heterocycles. The number of nitro groups is 1. The fourth-order valence-corrected chi connectivity index (χ4v) is 3.34. The van der Waals surface area contributed by atoms with Gasteiger partial charge in [-0.15, -0.1) is 0 Å². The van der Waals surface area contributed by atoms with Gasteiger partial charge in [-0.2, -0.15) is 0 Å². The lowest BCUT2D eigenvalue weighted by Gasteiger charge is -2.22. The van der Waals surface area contributed by atoms with Gasteiger partial charge in [0.05, 0.1) is 31.3 Å². The quantitative estimate of drug-likeness (QED) is 0.325. The van der Waals surface area contributed by atoms with Crippen molar-refractivity contribution in [3.05, 3.63) is 27.8 Å². The lowest BCUT2D eigenvalue weighted by Crippen LogP contribution is -2.40. The molecule has 2 amide bonds. The zero-order chi connectivity index (χ0) is 22.8. The number of carbonyl (C=O) groups excluding carboxylic acids is 2. The summed E-state index contributed by atoms with van der Waals surface area (Å²) < 4.78 is 15.7. The number of rotatable bonds is 10. The summed E-state index contributed by atoms with van der Waals surface area (Å²) in [6.07, 6.45) is 0.661. The summed E-state index contributed by atoms with van der Waals surface area (Å²) in [4.78, 5) is 39.6. The third-order valence-corrected chi connectivity index (χ3v) is 4.87. The molecule has 0 bridgehead atoms. The Bertz CT molecular complexity index is 787. The Labute approximate surface area is 181 Å². The van der Waals surface area contributed by atoms with Gasteiger partial charge < -0.3 is 24.4 Å². The molecule has 0 atom stereocenters. The van der Waals surface area contributed by atoms with Crippen LogP contribution in [-0.4, -0.2) is 93.2 Å². The van der Waals surface area contributed by atoms with Crippen LogP contribution in [-0.2, 0) is 9.53 Å². The number of carbonyl (C=O) groups is 2. The minimum Gasteiger partial charge on any atom is -0.493 e. The summed E-state index contributed by atoms with van der Waals surface area (Å²) in [6.45, 7) is 5.15. The molecule has 0 spiro atoms. The summed E-state index contributed by atoms with van der Waals surface area (Å²) in [5.74, 6) is -0.107. The van der Waals surface area contributed by atoms with E-state index in [2.05, 4.69) is 5.32 Å². The molecule has 1 saturated heterocycles. The summed E-state index contributed by atoms with van der Waals surface area (Å²) in [5.41, 5.74) is -0.403. The van der Waals surface area contributed by atoms with Crippen LogP contribution in [0.25, 0.3) is 0 Å². The largest absolute Gasteiger partial charge is 0.493 e. The zero-order valence-electron chi connectivity index (χ0n) is 18.2. The Morgan fingerprint density at radius 3 is 2.55 bits per heavy atom. The Hall–Kier alpha value is -2.92. The first-order chi connectivity index (χ1) is 14.9. The van der Waals surface area contributed by atoms with E-state index >= 15 is 0 Å². The van der Waals surface area contributed by atoms with Gasteiger partial charge >= 0.3 is 0 Å². The predicted octanol–water partition coefficient (Wildman–Crippen LogP) is 0.913. The number of likely N-dealkylation sites (N-methyl/N-ethyl adjacent to an activating group) is 1. The minimum atomic E-state index is -0.602. The maximum Gasteiger partial charge on any atom is 0.286 e. The highest BCUT2D eigenvalue weighted by Gasteiger charge is 2.29. The minimum absolute atomic E-state index is 0.0573. The number of amides is 2. The molecule has 31 heavy (non-hydrogen) atoms. The second kappa shape index (κ2) is 12.1. The van der Waals surface area contributed by atoms with Gasteiger partial charge in [-0.3, -0.25) is 24.6 Å². The highest BCUT2D eigenvalue weighted by molar-refractivity contribution is 5.99. The van der Waals surface area contributed by atoms with Crippen molar-refractivity contribution in [3.8, 4) is 11.5 Å². The number of hydrogen-bond donors (Lipinski definition) is 1. The zero-order valence-corrected chi connectivity index (χ0v) is 18.2. The number of methoxy groups -OCH3 is 2. The van der Waals surface area contributed by atoms with Gasteiger partial charge in [0, 0.05) is 45.9 Å². The number of nitro benzene ring substituents is 1. The van der Waals surface area contributed by atoms with Crippen molar-refractivity contribution in [3.63, 3.8) is 0 Å². The fourth-order valence-electron chi connectivity index (χ4n) is 3.34. The first-order valence-electron chi connectivity index (χ1n) is 10.2. The van der Waals surface area contributed by atoms with Crippen LogP contribution >= 0.6 is 0 Å². The van der Waals surface area contributed by atoms with Gasteiger partial charge in [-0.25, -0.2) is 0 Å². The molecule has 172 valence electrons. The molecule has 11 heteroatoms. The normalized spacial score (nSPS) is 14.6. The van der Waals surface area contributed by atoms with E-state index in [-0.39, 0.29) is 41.8 Å². The topological polar surface area (TPSA) is 123 Å². The standard InChI is InChI=1S/C20H30N4O7/c1-4-21-19(25)14-22-6-5-7-23(9-8-22)20(26)15-12-17(30-3)18(31-11-10-29-2)13-16(15)24(27)28/h12-13H,4-11,14H2,1-3H3,(H,21,25). The molecule has 11 nitrogen and oxygen atoms in total. The van der Waals surface area contributed by atoms with Crippen molar-refractivity contribution < 1.29 is 28.7 Å². The Morgan fingerprint density at radius 1 is 1.13 bits per heavy atom. The van der Waals surface area contributed by atoms with Crippen LogP contribution in [0.4, 0.5) is 5.69 Å². The lowest BCUT2D eigenvalue weighted by atomic mass is 10.1. The average Bonchev–Trinajstić information content (AvgIpc) is 2.98. The SMILES string of the molecule is CCNC(=O)CN1CCCN(C(=O)c2cc(OC)c(OCCOC)cc2[N+](=O)[O-])CC1. The van der Waals surface area contributed by atoms with Crippen molar-refractivity contribution in [2.45, 2.75) is 13.3 Å². The van der Waals surface area contributed by atoms with E-state index < -0.39 is 10.8 Å². The Morgan fingerprint density at radius 2 is 1.90 bits per heavy atom. The van der Waals surface area contributed by atoms with Crippen LogP contribution in [0.2, 0.25) is 0 Å². The van der Waals surface area contributed by atoms with Gasteiger partial charge in [0.25, 0.3) is 11.6 Å². The van der Waals surface area contributed by atoms with Gasteiger partial charge in [-0.1, -0.05) is 0 Å². The number of nitrogens with zero attached hydrogens (tertiary/aromatic N) is 3. The van der Waals surface area contributed by atoms with Crippen molar-refractivity contribution in [2.75, 3.05) is 66.7 Å². The predicted molar refractivity (Wildman–Crippen MR) is 113 cm³/mol. The highest BCUT2D eigenvalue weighted by Crippen LogP contribution is 2.35. The van der Waals surface area contributed by atoms with E-state index in [4.69, 9.17) is 14.2 Å². The summed E-state index contributed by atoms with van der Waals surface area (Å²) in [5, 5.41) is 14.4. The number of hydrogen-bond acceptors (Lipinski definition) is 8. The van der Waals surface area contributed by atoms with Crippen LogP contribution in [0.3, 0.4) is 0 Å². The summed E-state index contributed by atoms with van der Waals surface area (Å²) in [6, 6.07) is 2.56. The first kappa shape index (κ1) is 24.4.